The second-order valence-electron chi connectivity index (χ2n) is 5.63. The molecule has 21 heavy (non-hydrogen) atoms. The lowest BCUT2D eigenvalue weighted by Crippen LogP contribution is -2.24. The highest BCUT2D eigenvalue weighted by Crippen LogP contribution is 2.41. The Kier molecular flexibility index (Phi) is 2.61. The standard InChI is InChI=1S/C18H17N3/c1-12-11-13-5-2-3-7-16(13)21(12)17-9-8-15(19)18-14(17)6-4-10-20-18/h2-10,12H,11,19H2,1H3. The third kappa shape index (κ3) is 1.77. The quantitative estimate of drug-likeness (QED) is 0.685. The molecule has 1 aliphatic rings. The van der Waals surface area contributed by atoms with Gasteiger partial charge in [0, 0.05) is 23.3 Å². The Labute approximate surface area is 124 Å². The number of hydrogen-bond acceptors (Lipinski definition) is 3. The summed E-state index contributed by atoms with van der Waals surface area (Å²) in [5.74, 6) is 0. The van der Waals surface area contributed by atoms with Crippen molar-refractivity contribution in [1.29, 1.82) is 0 Å². The molecule has 0 spiro atoms. The Morgan fingerprint density at radius 2 is 1.90 bits per heavy atom. The molecule has 3 nitrogen and oxygen atoms in total. The molecule has 1 unspecified atom stereocenters. The lowest BCUT2D eigenvalue weighted by Gasteiger charge is -2.26. The average molecular weight is 275 g/mol. The van der Waals surface area contributed by atoms with Crippen molar-refractivity contribution in [3.63, 3.8) is 0 Å². The zero-order chi connectivity index (χ0) is 14.4. The number of para-hydroxylation sites is 1. The van der Waals surface area contributed by atoms with E-state index in [1.54, 1.807) is 6.20 Å². The monoisotopic (exact) mass is 275 g/mol. The third-order valence-corrected chi connectivity index (χ3v) is 4.24. The summed E-state index contributed by atoms with van der Waals surface area (Å²) in [6.45, 7) is 2.26. The Bertz CT molecular complexity index is 826. The van der Waals surface area contributed by atoms with Gasteiger partial charge in [0.25, 0.3) is 0 Å². The smallest absolute Gasteiger partial charge is 0.0952 e. The number of pyridine rings is 1. The van der Waals surface area contributed by atoms with Crippen molar-refractivity contribution in [3.05, 3.63) is 60.3 Å². The molecule has 0 aliphatic carbocycles. The van der Waals surface area contributed by atoms with Gasteiger partial charge in [-0.25, -0.2) is 0 Å². The second kappa shape index (κ2) is 4.48. The van der Waals surface area contributed by atoms with Gasteiger partial charge in [0.05, 0.1) is 16.9 Å². The molecular weight excluding hydrogens is 258 g/mol. The van der Waals surface area contributed by atoms with E-state index in [0.717, 1.165) is 23.0 Å². The van der Waals surface area contributed by atoms with Crippen LogP contribution in [0.25, 0.3) is 10.9 Å². The molecule has 2 heterocycles. The SMILES string of the molecule is CC1Cc2ccccc2N1c1ccc(N)c2ncccc12. The summed E-state index contributed by atoms with van der Waals surface area (Å²) in [6.07, 6.45) is 2.87. The lowest BCUT2D eigenvalue weighted by molar-refractivity contribution is 0.761. The van der Waals surface area contributed by atoms with Gasteiger partial charge in [-0.15, -0.1) is 0 Å². The molecule has 2 N–H and O–H groups in total. The minimum Gasteiger partial charge on any atom is -0.397 e. The first-order valence-electron chi connectivity index (χ1n) is 7.26. The van der Waals surface area contributed by atoms with E-state index in [0.29, 0.717) is 6.04 Å². The van der Waals surface area contributed by atoms with Crippen LogP contribution in [0.4, 0.5) is 17.1 Å². The number of rotatable bonds is 1. The Balaban J connectivity index is 1.97. The normalized spacial score (nSPS) is 17.2. The van der Waals surface area contributed by atoms with E-state index in [-0.39, 0.29) is 0 Å². The van der Waals surface area contributed by atoms with E-state index in [2.05, 4.69) is 53.2 Å². The number of hydrogen-bond donors (Lipinski definition) is 1. The van der Waals surface area contributed by atoms with E-state index in [4.69, 9.17) is 5.73 Å². The van der Waals surface area contributed by atoms with Crippen molar-refractivity contribution < 1.29 is 0 Å². The number of nitrogens with two attached hydrogens (primary N) is 1. The minimum atomic E-state index is 0.439. The first-order valence-corrected chi connectivity index (χ1v) is 7.26. The molecule has 2 aromatic carbocycles. The topological polar surface area (TPSA) is 42.1 Å². The third-order valence-electron chi connectivity index (χ3n) is 4.24. The number of nitrogen functional groups attached to an aromatic ring is 1. The first-order chi connectivity index (χ1) is 10.3. The molecule has 0 fully saturated rings. The molecule has 0 saturated carbocycles. The van der Waals surface area contributed by atoms with E-state index in [1.165, 1.54) is 16.9 Å². The van der Waals surface area contributed by atoms with E-state index < -0.39 is 0 Å². The van der Waals surface area contributed by atoms with Gasteiger partial charge in [0.1, 0.15) is 0 Å². The predicted molar refractivity (Wildman–Crippen MR) is 87.9 cm³/mol. The van der Waals surface area contributed by atoms with Crippen LogP contribution in [0.5, 0.6) is 0 Å². The average Bonchev–Trinajstić information content (AvgIpc) is 2.84. The van der Waals surface area contributed by atoms with Crippen molar-refractivity contribution in [2.75, 3.05) is 10.6 Å². The number of anilines is 3. The summed E-state index contributed by atoms with van der Waals surface area (Å²) in [5, 5.41) is 1.11. The van der Waals surface area contributed by atoms with E-state index in [1.807, 2.05) is 12.1 Å². The number of fused-ring (bicyclic) bond motifs is 2. The van der Waals surface area contributed by atoms with Crippen LogP contribution in [-0.4, -0.2) is 11.0 Å². The largest absolute Gasteiger partial charge is 0.397 e. The fourth-order valence-electron chi connectivity index (χ4n) is 3.32. The molecule has 0 saturated heterocycles. The van der Waals surface area contributed by atoms with Gasteiger partial charge in [0.2, 0.25) is 0 Å². The van der Waals surface area contributed by atoms with Gasteiger partial charge in [-0.05, 0) is 49.2 Å². The van der Waals surface area contributed by atoms with Crippen LogP contribution >= 0.6 is 0 Å². The highest BCUT2D eigenvalue weighted by atomic mass is 15.2. The molecule has 104 valence electrons. The molecule has 0 bridgehead atoms. The maximum Gasteiger partial charge on any atom is 0.0952 e. The Hall–Kier alpha value is -2.55. The summed E-state index contributed by atoms with van der Waals surface area (Å²) in [6, 6.07) is 17.2. The maximum absolute atomic E-state index is 6.07. The highest BCUT2D eigenvalue weighted by molar-refractivity contribution is 6.00. The lowest BCUT2D eigenvalue weighted by atomic mass is 10.1. The van der Waals surface area contributed by atoms with Crippen molar-refractivity contribution in [3.8, 4) is 0 Å². The molecule has 1 aliphatic heterocycles. The van der Waals surface area contributed by atoms with E-state index in [9.17, 15) is 0 Å². The van der Waals surface area contributed by atoms with Crippen LogP contribution in [0.1, 0.15) is 12.5 Å². The number of benzene rings is 2. The van der Waals surface area contributed by atoms with Crippen LogP contribution in [0.3, 0.4) is 0 Å². The molecule has 1 aromatic heterocycles. The Morgan fingerprint density at radius 1 is 1.05 bits per heavy atom. The van der Waals surface area contributed by atoms with Gasteiger partial charge in [-0.3, -0.25) is 4.98 Å². The van der Waals surface area contributed by atoms with Crippen LogP contribution in [-0.2, 0) is 6.42 Å². The maximum atomic E-state index is 6.07. The molecule has 3 aromatic rings. The molecule has 4 rings (SSSR count). The molecule has 1 atom stereocenters. The van der Waals surface area contributed by atoms with Gasteiger partial charge in [-0.1, -0.05) is 18.2 Å². The van der Waals surface area contributed by atoms with Gasteiger partial charge >= 0.3 is 0 Å². The van der Waals surface area contributed by atoms with Crippen LogP contribution in [0.15, 0.2) is 54.7 Å². The highest BCUT2D eigenvalue weighted by Gasteiger charge is 2.28. The van der Waals surface area contributed by atoms with Crippen molar-refractivity contribution in [1.82, 2.24) is 4.98 Å². The van der Waals surface area contributed by atoms with Crippen molar-refractivity contribution in [2.45, 2.75) is 19.4 Å². The van der Waals surface area contributed by atoms with Gasteiger partial charge in [-0.2, -0.15) is 0 Å². The molecular formula is C18H17N3. The fraction of sp³-hybridized carbons (Fsp3) is 0.167. The van der Waals surface area contributed by atoms with Crippen LogP contribution in [0.2, 0.25) is 0 Å². The van der Waals surface area contributed by atoms with E-state index >= 15 is 0 Å². The fourth-order valence-corrected chi connectivity index (χ4v) is 3.32. The van der Waals surface area contributed by atoms with Gasteiger partial charge in [0.15, 0.2) is 0 Å². The zero-order valence-electron chi connectivity index (χ0n) is 12.0. The summed E-state index contributed by atoms with van der Waals surface area (Å²) in [5.41, 5.74) is 11.6. The first kappa shape index (κ1) is 12.2. The summed E-state index contributed by atoms with van der Waals surface area (Å²) in [4.78, 5) is 6.84. The Morgan fingerprint density at radius 3 is 2.81 bits per heavy atom. The molecule has 0 amide bonds. The van der Waals surface area contributed by atoms with Crippen LogP contribution < -0.4 is 10.6 Å². The number of aromatic nitrogens is 1. The summed E-state index contributed by atoms with van der Waals surface area (Å²) >= 11 is 0. The van der Waals surface area contributed by atoms with Crippen molar-refractivity contribution in [2.24, 2.45) is 0 Å². The summed E-state index contributed by atoms with van der Waals surface area (Å²) in [7, 11) is 0. The molecule has 0 radical (unpaired) electrons. The summed E-state index contributed by atoms with van der Waals surface area (Å²) < 4.78 is 0. The van der Waals surface area contributed by atoms with Gasteiger partial charge < -0.3 is 10.6 Å². The second-order valence-corrected chi connectivity index (χ2v) is 5.63. The number of nitrogens with zero attached hydrogens (tertiary/aromatic N) is 2. The zero-order valence-corrected chi connectivity index (χ0v) is 12.0. The predicted octanol–water partition coefficient (Wildman–Crippen LogP) is 3.90. The molecule has 3 heteroatoms. The van der Waals surface area contributed by atoms with Crippen LogP contribution in [0, 0.1) is 0 Å². The minimum absolute atomic E-state index is 0.439. The van der Waals surface area contributed by atoms with Crippen molar-refractivity contribution >= 4 is 28.0 Å².